The molecule has 0 aliphatic carbocycles. The first kappa shape index (κ1) is 15.9. The maximum atomic E-state index is 10.6. The number of nitrogens with zero attached hydrogens (tertiary/aromatic N) is 4. The number of aliphatic carboxylic acids is 1. The minimum atomic E-state index is -5.08. The van der Waals surface area contributed by atoms with Gasteiger partial charge in [0, 0.05) is 31.0 Å². The smallest absolute Gasteiger partial charge is 0.475 e. The maximum Gasteiger partial charge on any atom is 0.490 e. The minimum absolute atomic E-state index is 0.461. The Morgan fingerprint density at radius 1 is 1.41 bits per heavy atom. The molecule has 1 aliphatic heterocycles. The van der Waals surface area contributed by atoms with Gasteiger partial charge in [0.15, 0.2) is 0 Å². The predicted molar refractivity (Wildman–Crippen MR) is 68.9 cm³/mol. The highest BCUT2D eigenvalue weighted by Gasteiger charge is 2.38. The number of carbonyl (C=O) groups is 1. The van der Waals surface area contributed by atoms with E-state index >= 15 is 0 Å². The van der Waals surface area contributed by atoms with Gasteiger partial charge in [-0.15, -0.1) is 5.10 Å². The molecule has 2 aromatic heterocycles. The Morgan fingerprint density at radius 3 is 2.55 bits per heavy atom. The predicted octanol–water partition coefficient (Wildman–Crippen LogP) is 1.12. The van der Waals surface area contributed by atoms with Crippen molar-refractivity contribution in [3.05, 3.63) is 30.7 Å². The fourth-order valence-electron chi connectivity index (χ4n) is 1.56. The van der Waals surface area contributed by atoms with Crippen LogP contribution in [0.5, 0.6) is 0 Å². The van der Waals surface area contributed by atoms with Gasteiger partial charge in [0.05, 0.1) is 12.2 Å². The topological polar surface area (TPSA) is 92.9 Å². The molecule has 0 bridgehead atoms. The van der Waals surface area contributed by atoms with E-state index in [9.17, 15) is 13.2 Å². The van der Waals surface area contributed by atoms with Gasteiger partial charge in [-0.25, -0.2) is 9.48 Å². The number of aromatic nitrogens is 4. The lowest BCUT2D eigenvalue weighted by atomic mass is 10.2. The number of hydrogen-bond acceptors (Lipinski definition) is 5. The van der Waals surface area contributed by atoms with E-state index in [1.165, 1.54) is 0 Å². The van der Waals surface area contributed by atoms with Crippen LogP contribution in [0.15, 0.2) is 30.7 Å². The Balaban J connectivity index is 0.000000217. The number of alkyl halides is 3. The van der Waals surface area contributed by atoms with Crippen LogP contribution in [0.1, 0.15) is 6.04 Å². The van der Waals surface area contributed by atoms with E-state index in [0.29, 0.717) is 6.04 Å². The lowest BCUT2D eigenvalue weighted by Gasteiger charge is -2.26. The van der Waals surface area contributed by atoms with Gasteiger partial charge < -0.3 is 10.4 Å². The van der Waals surface area contributed by atoms with Gasteiger partial charge in [-0.2, -0.15) is 13.2 Å². The number of halogens is 3. The molecule has 1 fully saturated rings. The summed E-state index contributed by atoms with van der Waals surface area (Å²) in [4.78, 5) is 13.0. The van der Waals surface area contributed by atoms with Gasteiger partial charge in [0.2, 0.25) is 0 Å². The Labute approximate surface area is 122 Å². The van der Waals surface area contributed by atoms with E-state index in [0.717, 1.165) is 24.3 Å². The SMILES string of the molecule is O=C(O)C(F)(F)F.c1cncc(-c2cn(C3CNC3)nn2)c1. The summed E-state index contributed by atoms with van der Waals surface area (Å²) in [6.45, 7) is 1.96. The van der Waals surface area contributed by atoms with Crippen molar-refractivity contribution in [2.45, 2.75) is 12.2 Å². The highest BCUT2D eigenvalue weighted by Crippen LogP contribution is 2.17. The van der Waals surface area contributed by atoms with Crippen LogP contribution in [0.4, 0.5) is 13.2 Å². The highest BCUT2D eigenvalue weighted by molar-refractivity contribution is 5.73. The number of carboxylic acids is 1. The zero-order valence-electron chi connectivity index (χ0n) is 11.2. The molecule has 1 aliphatic rings. The van der Waals surface area contributed by atoms with Crippen molar-refractivity contribution in [2.75, 3.05) is 13.1 Å². The number of carboxylic acid groups (broad SMARTS) is 1. The Kier molecular flexibility index (Phi) is 4.71. The van der Waals surface area contributed by atoms with Crippen molar-refractivity contribution in [1.29, 1.82) is 0 Å². The van der Waals surface area contributed by atoms with Crippen molar-refractivity contribution in [3.8, 4) is 11.3 Å². The second-order valence-corrected chi connectivity index (χ2v) is 4.44. The van der Waals surface area contributed by atoms with Gasteiger partial charge in [-0.1, -0.05) is 5.21 Å². The number of pyridine rings is 1. The fraction of sp³-hybridized carbons (Fsp3) is 0.333. The molecule has 118 valence electrons. The first-order valence-corrected chi connectivity index (χ1v) is 6.21. The van der Waals surface area contributed by atoms with E-state index in [4.69, 9.17) is 9.90 Å². The molecule has 2 aromatic rings. The summed E-state index contributed by atoms with van der Waals surface area (Å²) < 4.78 is 33.7. The number of hydrogen-bond donors (Lipinski definition) is 2. The molecule has 0 unspecified atom stereocenters. The van der Waals surface area contributed by atoms with Crippen LogP contribution in [0, 0.1) is 0 Å². The summed E-state index contributed by atoms with van der Waals surface area (Å²) in [7, 11) is 0. The Morgan fingerprint density at radius 2 is 2.09 bits per heavy atom. The molecule has 0 radical (unpaired) electrons. The van der Waals surface area contributed by atoms with Gasteiger partial charge in [-0.05, 0) is 12.1 Å². The standard InChI is InChI=1S/C10H11N5.C2HF3O2/c1-2-8(4-11-3-1)10-7-15(14-13-10)9-5-12-6-9;3-2(4,5)1(6)7/h1-4,7,9,12H,5-6H2;(H,6,7). The third-order valence-corrected chi connectivity index (χ3v) is 2.84. The number of nitrogens with one attached hydrogen (secondary N) is 1. The molecule has 1 saturated heterocycles. The molecule has 0 saturated carbocycles. The summed E-state index contributed by atoms with van der Waals surface area (Å²) in [5.74, 6) is -2.76. The molecule has 3 rings (SSSR count). The average molecular weight is 315 g/mol. The van der Waals surface area contributed by atoms with Crippen LogP contribution in [0.3, 0.4) is 0 Å². The largest absolute Gasteiger partial charge is 0.490 e. The Bertz CT molecular complexity index is 625. The minimum Gasteiger partial charge on any atom is -0.475 e. The summed E-state index contributed by atoms with van der Waals surface area (Å²) >= 11 is 0. The van der Waals surface area contributed by atoms with E-state index < -0.39 is 12.1 Å². The van der Waals surface area contributed by atoms with Crippen LogP contribution in [-0.2, 0) is 4.79 Å². The normalized spacial score (nSPS) is 14.7. The van der Waals surface area contributed by atoms with Crippen LogP contribution in [-0.4, -0.2) is 50.3 Å². The van der Waals surface area contributed by atoms with E-state index in [2.05, 4.69) is 20.6 Å². The van der Waals surface area contributed by atoms with Gasteiger partial charge in [-0.3, -0.25) is 4.98 Å². The lowest BCUT2D eigenvalue weighted by molar-refractivity contribution is -0.192. The average Bonchev–Trinajstić information content (AvgIpc) is 2.87. The Hall–Kier alpha value is -2.49. The molecular formula is C12H12F3N5O2. The molecule has 3 heterocycles. The molecule has 0 atom stereocenters. The molecule has 0 amide bonds. The summed E-state index contributed by atoms with van der Waals surface area (Å²) in [6.07, 6.45) is 0.444. The molecule has 2 N–H and O–H groups in total. The highest BCUT2D eigenvalue weighted by atomic mass is 19.4. The summed E-state index contributed by atoms with van der Waals surface area (Å²) in [5, 5.41) is 18.6. The fourth-order valence-corrected chi connectivity index (χ4v) is 1.56. The second-order valence-electron chi connectivity index (χ2n) is 4.44. The van der Waals surface area contributed by atoms with Crippen LogP contribution >= 0.6 is 0 Å². The van der Waals surface area contributed by atoms with Crippen molar-refractivity contribution in [1.82, 2.24) is 25.3 Å². The van der Waals surface area contributed by atoms with E-state index in [1.807, 2.05) is 23.0 Å². The summed E-state index contributed by atoms with van der Waals surface area (Å²) in [6, 6.07) is 4.35. The quantitative estimate of drug-likeness (QED) is 0.862. The van der Waals surface area contributed by atoms with E-state index in [-0.39, 0.29) is 0 Å². The monoisotopic (exact) mass is 315 g/mol. The van der Waals surface area contributed by atoms with Gasteiger partial charge in [0.25, 0.3) is 0 Å². The van der Waals surface area contributed by atoms with Crippen molar-refractivity contribution >= 4 is 5.97 Å². The van der Waals surface area contributed by atoms with Gasteiger partial charge in [0.1, 0.15) is 5.69 Å². The lowest BCUT2D eigenvalue weighted by Crippen LogP contribution is -2.43. The molecule has 0 aromatic carbocycles. The second kappa shape index (κ2) is 6.52. The van der Waals surface area contributed by atoms with Crippen molar-refractivity contribution in [2.24, 2.45) is 0 Å². The third kappa shape index (κ3) is 4.01. The molecular weight excluding hydrogens is 303 g/mol. The molecule has 10 heteroatoms. The first-order valence-electron chi connectivity index (χ1n) is 6.21. The third-order valence-electron chi connectivity index (χ3n) is 2.84. The van der Waals surface area contributed by atoms with Crippen molar-refractivity contribution < 1.29 is 23.1 Å². The zero-order chi connectivity index (χ0) is 16.2. The van der Waals surface area contributed by atoms with Crippen LogP contribution < -0.4 is 5.32 Å². The molecule has 22 heavy (non-hydrogen) atoms. The first-order chi connectivity index (χ1) is 10.4. The maximum absolute atomic E-state index is 10.6. The summed E-state index contributed by atoms with van der Waals surface area (Å²) in [5.41, 5.74) is 1.89. The van der Waals surface area contributed by atoms with E-state index in [1.54, 1.807) is 12.4 Å². The number of rotatable bonds is 2. The molecule has 7 nitrogen and oxygen atoms in total. The zero-order valence-corrected chi connectivity index (χ0v) is 11.2. The van der Waals surface area contributed by atoms with Crippen molar-refractivity contribution in [3.63, 3.8) is 0 Å². The van der Waals surface area contributed by atoms with Crippen LogP contribution in [0.2, 0.25) is 0 Å². The van der Waals surface area contributed by atoms with Gasteiger partial charge >= 0.3 is 12.1 Å². The molecule has 0 spiro atoms. The van der Waals surface area contributed by atoms with Crippen LogP contribution in [0.25, 0.3) is 11.3 Å².